The normalized spacial score (nSPS) is 21.8. The zero-order valence-electron chi connectivity index (χ0n) is 24.1. The molecule has 1 N–H and O–H groups in total. The number of nitrogens with zero attached hydrogens (tertiary/aromatic N) is 2. The average molecular weight is 525 g/mol. The van der Waals surface area contributed by atoms with Gasteiger partial charge in [-0.1, -0.05) is 40.3 Å². The van der Waals surface area contributed by atoms with Crippen molar-refractivity contribution in [3.63, 3.8) is 0 Å². The third-order valence-electron chi connectivity index (χ3n) is 7.75. The van der Waals surface area contributed by atoms with Crippen molar-refractivity contribution >= 4 is 17.4 Å². The Labute approximate surface area is 227 Å². The van der Waals surface area contributed by atoms with E-state index >= 15 is 0 Å². The largest absolute Gasteiger partial charge is 0.493 e. The lowest BCUT2D eigenvalue weighted by atomic mass is 9.54. The van der Waals surface area contributed by atoms with Crippen LogP contribution in [0, 0.1) is 17.8 Å². The quantitative estimate of drug-likeness (QED) is 0.287. The Balaban J connectivity index is 0.000000301. The number of hydrogen-bond acceptors (Lipinski definition) is 5. The van der Waals surface area contributed by atoms with Crippen LogP contribution < -0.4 is 9.47 Å². The maximum Gasteiger partial charge on any atom is 0.309 e. The zero-order chi connectivity index (χ0) is 28.5. The first-order chi connectivity index (χ1) is 18.1. The summed E-state index contributed by atoms with van der Waals surface area (Å²) in [5, 5.41) is 13.6. The van der Waals surface area contributed by atoms with E-state index in [4.69, 9.17) is 14.6 Å². The standard InChI is InChI=1S/C19H22N2O3.C10H16O2.C2H6/c1-6-8-16(14-9-10-18(23-4)19(12-14)24-5)21-13(3)11-15(20-21)17(22)7-2;1-9-2-5-10(6-3-9,7-4-9)8(11)12;1-2/h6,8-12H,1,7H2,2-5H3;2-7H2,1H3,(H,11,12);1-2H3/b16-8-;;. The van der Waals surface area contributed by atoms with E-state index in [1.807, 2.05) is 52.0 Å². The van der Waals surface area contributed by atoms with Crippen LogP contribution in [0.5, 0.6) is 11.5 Å². The number of carbonyl (C=O) groups excluding carboxylic acids is 1. The van der Waals surface area contributed by atoms with E-state index < -0.39 is 5.97 Å². The lowest BCUT2D eigenvalue weighted by Crippen LogP contribution is -2.44. The van der Waals surface area contributed by atoms with Gasteiger partial charge in [-0.3, -0.25) is 9.59 Å². The van der Waals surface area contributed by atoms with Crippen molar-refractivity contribution in [1.29, 1.82) is 0 Å². The summed E-state index contributed by atoms with van der Waals surface area (Å²) in [6.45, 7) is 13.8. The Morgan fingerprint density at radius 1 is 1.05 bits per heavy atom. The van der Waals surface area contributed by atoms with E-state index in [9.17, 15) is 9.59 Å². The van der Waals surface area contributed by atoms with Crippen LogP contribution in [0.15, 0.2) is 43.0 Å². The van der Waals surface area contributed by atoms with Gasteiger partial charge in [0.1, 0.15) is 5.69 Å². The molecule has 7 nitrogen and oxygen atoms in total. The summed E-state index contributed by atoms with van der Waals surface area (Å²) >= 11 is 0. The number of benzene rings is 1. The summed E-state index contributed by atoms with van der Waals surface area (Å²) in [7, 11) is 3.19. The van der Waals surface area contributed by atoms with Crippen LogP contribution in [0.25, 0.3) is 5.70 Å². The molecule has 1 heterocycles. The van der Waals surface area contributed by atoms with Crippen molar-refractivity contribution in [3.05, 3.63) is 59.9 Å². The second kappa shape index (κ2) is 13.4. The molecule has 3 saturated carbocycles. The lowest BCUT2D eigenvalue weighted by molar-refractivity contribution is -0.158. The molecule has 5 rings (SSSR count). The van der Waals surface area contributed by atoms with Gasteiger partial charge < -0.3 is 14.6 Å². The van der Waals surface area contributed by atoms with Crippen molar-refractivity contribution < 1.29 is 24.2 Å². The van der Waals surface area contributed by atoms with Crippen molar-refractivity contribution in [2.45, 2.75) is 79.6 Å². The number of rotatable bonds is 8. The molecular formula is C31H44N2O5. The fourth-order valence-corrected chi connectivity index (χ4v) is 5.13. The SMILES string of the molecule is C=C/C=C(/c1ccc(OC)c(OC)c1)n1nc(C(=O)CC)cc1C.CC.CC12CCC(C(=O)O)(CC1)CC2. The van der Waals surface area contributed by atoms with Crippen LogP contribution >= 0.6 is 0 Å². The summed E-state index contributed by atoms with van der Waals surface area (Å²) in [6.07, 6.45) is 10.1. The van der Waals surface area contributed by atoms with Crippen LogP contribution in [-0.2, 0) is 4.79 Å². The number of allylic oxidation sites excluding steroid dienone is 2. The molecule has 1 aromatic heterocycles. The molecule has 2 aromatic rings. The highest BCUT2D eigenvalue weighted by Gasteiger charge is 2.50. The number of fused-ring (bicyclic) bond motifs is 3. The maximum atomic E-state index is 11.9. The fraction of sp³-hybridized carbons (Fsp3) is 0.516. The van der Waals surface area contributed by atoms with Gasteiger partial charge in [0.15, 0.2) is 17.3 Å². The van der Waals surface area contributed by atoms with Gasteiger partial charge in [0.25, 0.3) is 0 Å². The molecule has 2 bridgehead atoms. The van der Waals surface area contributed by atoms with Crippen LogP contribution in [0.1, 0.15) is 94.4 Å². The molecule has 38 heavy (non-hydrogen) atoms. The highest BCUT2D eigenvalue weighted by atomic mass is 16.5. The molecule has 3 aliphatic carbocycles. The molecule has 0 amide bonds. The zero-order valence-corrected chi connectivity index (χ0v) is 24.1. The Morgan fingerprint density at radius 2 is 1.63 bits per heavy atom. The van der Waals surface area contributed by atoms with Crippen molar-refractivity contribution in [3.8, 4) is 11.5 Å². The Bertz CT molecular complexity index is 1140. The van der Waals surface area contributed by atoms with Gasteiger partial charge in [-0.25, -0.2) is 4.68 Å². The van der Waals surface area contributed by atoms with E-state index in [-0.39, 0.29) is 11.2 Å². The van der Waals surface area contributed by atoms with Gasteiger partial charge in [-0.05, 0) is 81.2 Å². The van der Waals surface area contributed by atoms with E-state index in [0.29, 0.717) is 29.0 Å². The van der Waals surface area contributed by atoms with Crippen molar-refractivity contribution in [1.82, 2.24) is 9.78 Å². The lowest BCUT2D eigenvalue weighted by Gasteiger charge is -2.49. The number of ketones is 1. The number of carboxylic acid groups (broad SMARTS) is 1. The van der Waals surface area contributed by atoms with Crippen LogP contribution in [0.2, 0.25) is 0 Å². The van der Waals surface area contributed by atoms with Gasteiger partial charge in [0.05, 0.1) is 25.3 Å². The van der Waals surface area contributed by atoms with Gasteiger partial charge in [-0.2, -0.15) is 5.10 Å². The summed E-state index contributed by atoms with van der Waals surface area (Å²) in [4.78, 5) is 23.0. The van der Waals surface area contributed by atoms with E-state index in [0.717, 1.165) is 55.5 Å². The molecular weight excluding hydrogens is 480 g/mol. The second-order valence-electron chi connectivity index (χ2n) is 10.1. The third kappa shape index (κ3) is 6.74. The summed E-state index contributed by atoms with van der Waals surface area (Å²) in [5.41, 5.74) is 3.18. The molecule has 3 fully saturated rings. The van der Waals surface area contributed by atoms with Gasteiger partial charge in [0, 0.05) is 17.7 Å². The minimum Gasteiger partial charge on any atom is -0.493 e. The van der Waals surface area contributed by atoms with Crippen LogP contribution in [0.4, 0.5) is 0 Å². The number of aromatic nitrogens is 2. The predicted molar refractivity (Wildman–Crippen MR) is 152 cm³/mol. The van der Waals surface area contributed by atoms with Crippen LogP contribution in [0.3, 0.4) is 0 Å². The number of ether oxygens (including phenoxy) is 2. The number of Topliss-reactive ketones (excluding diaryl/α,β-unsaturated/α-hetero) is 1. The molecule has 0 radical (unpaired) electrons. The second-order valence-corrected chi connectivity index (χ2v) is 10.1. The van der Waals surface area contributed by atoms with Gasteiger partial charge >= 0.3 is 5.97 Å². The van der Waals surface area contributed by atoms with Crippen molar-refractivity contribution in [2.75, 3.05) is 14.2 Å². The molecule has 0 atom stereocenters. The highest BCUT2D eigenvalue weighted by molar-refractivity contribution is 5.94. The monoisotopic (exact) mass is 524 g/mol. The summed E-state index contributed by atoms with van der Waals surface area (Å²) in [6, 6.07) is 7.42. The summed E-state index contributed by atoms with van der Waals surface area (Å²) < 4.78 is 12.4. The molecule has 7 heteroatoms. The van der Waals surface area contributed by atoms with Crippen molar-refractivity contribution in [2.24, 2.45) is 10.8 Å². The molecule has 0 spiro atoms. The number of hydrogen-bond donors (Lipinski definition) is 1. The predicted octanol–water partition coefficient (Wildman–Crippen LogP) is 7.33. The van der Waals surface area contributed by atoms with E-state index in [1.165, 1.54) is 0 Å². The smallest absolute Gasteiger partial charge is 0.309 e. The Morgan fingerprint density at radius 3 is 2.11 bits per heavy atom. The summed E-state index contributed by atoms with van der Waals surface area (Å²) in [5.74, 6) is 0.740. The first-order valence-electron chi connectivity index (χ1n) is 13.5. The minimum absolute atomic E-state index is 0.0158. The van der Waals surface area contributed by atoms with Gasteiger partial charge in [-0.15, -0.1) is 0 Å². The number of aliphatic carboxylic acids is 1. The first-order valence-corrected chi connectivity index (χ1v) is 13.5. The number of carboxylic acids is 1. The van der Waals surface area contributed by atoms with E-state index in [2.05, 4.69) is 18.6 Å². The molecule has 0 saturated heterocycles. The number of methoxy groups -OCH3 is 2. The molecule has 3 aliphatic rings. The third-order valence-corrected chi connectivity index (χ3v) is 7.75. The number of aryl methyl sites for hydroxylation is 1. The van der Waals surface area contributed by atoms with Gasteiger partial charge in [0.2, 0.25) is 0 Å². The first kappa shape index (κ1) is 30.9. The average Bonchev–Trinajstić information content (AvgIpc) is 3.33. The topological polar surface area (TPSA) is 90.7 Å². The molecule has 0 unspecified atom stereocenters. The number of carbonyl (C=O) groups is 2. The highest BCUT2D eigenvalue weighted by Crippen LogP contribution is 2.56. The molecule has 208 valence electrons. The van der Waals surface area contributed by atoms with Crippen LogP contribution in [-0.4, -0.2) is 40.9 Å². The maximum absolute atomic E-state index is 11.9. The van der Waals surface area contributed by atoms with E-state index in [1.54, 1.807) is 31.0 Å². The Kier molecular flexibility index (Phi) is 10.9. The Hall–Kier alpha value is -3.35. The molecule has 1 aromatic carbocycles. The molecule has 0 aliphatic heterocycles. The minimum atomic E-state index is -0.552. The fourth-order valence-electron chi connectivity index (χ4n) is 5.13.